The number of urea groups is 1. The lowest BCUT2D eigenvalue weighted by Crippen LogP contribution is -2.41. The third kappa shape index (κ3) is 16.7. The number of carbonyl (C=O) groups is 2. The lowest BCUT2D eigenvalue weighted by atomic mass is 10.0. The number of amides is 3. The van der Waals surface area contributed by atoms with Crippen LogP contribution in [0.1, 0.15) is 121 Å². The van der Waals surface area contributed by atoms with Gasteiger partial charge in [-0.15, -0.1) is 0 Å². The zero-order chi connectivity index (χ0) is 29.5. The molecule has 1 atom stereocenters. The number of phenols is 1. The summed E-state index contributed by atoms with van der Waals surface area (Å²) in [6, 6.07) is 12.3. The van der Waals surface area contributed by atoms with Crippen molar-refractivity contribution in [2.45, 2.75) is 116 Å². The van der Waals surface area contributed by atoms with Gasteiger partial charge in [0.05, 0.1) is 12.7 Å². The first-order chi connectivity index (χ1) is 20.0. The van der Waals surface area contributed by atoms with Gasteiger partial charge in [-0.1, -0.05) is 96.8 Å². The van der Waals surface area contributed by atoms with Crippen molar-refractivity contribution in [2.75, 3.05) is 13.2 Å². The van der Waals surface area contributed by atoms with E-state index in [0.29, 0.717) is 30.2 Å². The van der Waals surface area contributed by atoms with Crippen LogP contribution in [0.2, 0.25) is 0 Å². The van der Waals surface area contributed by atoms with Gasteiger partial charge >= 0.3 is 6.03 Å². The van der Waals surface area contributed by atoms with Gasteiger partial charge in [-0.3, -0.25) is 10.1 Å². The number of unbranched alkanes of at least 4 members (excludes halogenated alkanes) is 13. The first-order valence-electron chi connectivity index (χ1n) is 15.8. The Labute approximate surface area is 247 Å². The fourth-order valence-corrected chi connectivity index (χ4v) is 4.68. The second kappa shape index (κ2) is 21.7. The summed E-state index contributed by atoms with van der Waals surface area (Å²) >= 11 is 0. The molecule has 3 N–H and O–H groups in total. The number of phenolic OH excluding ortho intramolecular Hbond substituents is 1. The molecule has 0 radical (unpaired) electrons. The molecule has 0 spiro atoms. The minimum atomic E-state index is -0.553. The molecular formula is C34H52N2O5. The monoisotopic (exact) mass is 568 g/mol. The summed E-state index contributed by atoms with van der Waals surface area (Å²) in [6.45, 7) is 5.08. The maximum Gasteiger partial charge on any atom is 0.321 e. The molecule has 2 aromatic carbocycles. The minimum absolute atomic E-state index is 0.154. The SMILES string of the molecule is CCCCCCCCCCCCCCCCC(C)OCCNC(=O)NC(=O)c1ccc(Oc2ccc(O)cc2)cc1. The summed E-state index contributed by atoms with van der Waals surface area (Å²) in [5.74, 6) is 0.766. The normalized spacial score (nSPS) is 11.7. The molecule has 2 aromatic rings. The van der Waals surface area contributed by atoms with E-state index in [1.807, 2.05) is 0 Å². The van der Waals surface area contributed by atoms with Gasteiger partial charge in [-0.25, -0.2) is 4.79 Å². The highest BCUT2D eigenvalue weighted by atomic mass is 16.5. The van der Waals surface area contributed by atoms with Crippen LogP contribution >= 0.6 is 0 Å². The van der Waals surface area contributed by atoms with E-state index in [0.717, 1.165) is 6.42 Å². The predicted molar refractivity (Wildman–Crippen MR) is 166 cm³/mol. The highest BCUT2D eigenvalue weighted by molar-refractivity contribution is 6.04. The molecule has 0 heterocycles. The quantitative estimate of drug-likeness (QED) is 0.123. The third-order valence-electron chi connectivity index (χ3n) is 7.17. The average molecular weight is 569 g/mol. The van der Waals surface area contributed by atoms with Crippen molar-refractivity contribution in [1.29, 1.82) is 0 Å². The molecule has 228 valence electrons. The van der Waals surface area contributed by atoms with E-state index < -0.39 is 11.9 Å². The molecule has 7 nitrogen and oxygen atoms in total. The lowest BCUT2D eigenvalue weighted by molar-refractivity contribution is 0.0612. The molecule has 0 aliphatic carbocycles. The summed E-state index contributed by atoms with van der Waals surface area (Å²) in [6.07, 6.45) is 20.1. The molecule has 1 unspecified atom stereocenters. The van der Waals surface area contributed by atoms with Crippen LogP contribution in [-0.2, 0) is 4.74 Å². The Morgan fingerprint density at radius 1 is 0.732 bits per heavy atom. The topological polar surface area (TPSA) is 96.9 Å². The average Bonchev–Trinajstić information content (AvgIpc) is 2.97. The number of ether oxygens (including phenoxy) is 2. The summed E-state index contributed by atoms with van der Waals surface area (Å²) < 4.78 is 11.5. The molecule has 3 amide bonds. The molecule has 2 rings (SSSR count). The Kier molecular flexibility index (Phi) is 18.0. The number of hydrogen-bond donors (Lipinski definition) is 3. The van der Waals surface area contributed by atoms with Crippen LogP contribution in [0, 0.1) is 0 Å². The summed E-state index contributed by atoms with van der Waals surface area (Å²) in [5, 5.41) is 14.3. The minimum Gasteiger partial charge on any atom is -0.508 e. The van der Waals surface area contributed by atoms with Crippen LogP contribution in [0.3, 0.4) is 0 Å². The van der Waals surface area contributed by atoms with Crippen LogP contribution in [0.25, 0.3) is 0 Å². The van der Waals surface area contributed by atoms with Crippen molar-refractivity contribution in [1.82, 2.24) is 10.6 Å². The predicted octanol–water partition coefficient (Wildman–Crippen LogP) is 8.90. The Morgan fingerprint density at radius 3 is 1.76 bits per heavy atom. The lowest BCUT2D eigenvalue weighted by Gasteiger charge is -2.13. The summed E-state index contributed by atoms with van der Waals surface area (Å²) in [7, 11) is 0. The van der Waals surface area contributed by atoms with Crippen LogP contribution in [-0.4, -0.2) is 36.3 Å². The zero-order valence-electron chi connectivity index (χ0n) is 25.3. The molecule has 41 heavy (non-hydrogen) atoms. The van der Waals surface area contributed by atoms with E-state index in [-0.39, 0.29) is 11.9 Å². The Bertz CT molecular complexity index is 962. The summed E-state index contributed by atoms with van der Waals surface area (Å²) in [5.41, 5.74) is 0.344. The van der Waals surface area contributed by atoms with E-state index in [1.165, 1.54) is 102 Å². The van der Waals surface area contributed by atoms with Crippen LogP contribution in [0.15, 0.2) is 48.5 Å². The molecule has 0 aliphatic rings. The fraction of sp³-hybridized carbons (Fsp3) is 0.588. The molecule has 0 saturated carbocycles. The van der Waals surface area contributed by atoms with Crippen molar-refractivity contribution < 1.29 is 24.2 Å². The molecule has 7 heteroatoms. The van der Waals surface area contributed by atoms with Crippen molar-refractivity contribution >= 4 is 11.9 Å². The van der Waals surface area contributed by atoms with E-state index in [4.69, 9.17) is 9.47 Å². The van der Waals surface area contributed by atoms with E-state index >= 15 is 0 Å². The number of carbonyl (C=O) groups excluding carboxylic acids is 2. The first kappa shape index (κ1) is 34.1. The van der Waals surface area contributed by atoms with Crippen molar-refractivity contribution in [3.63, 3.8) is 0 Å². The Balaban J connectivity index is 1.43. The van der Waals surface area contributed by atoms with Crippen molar-refractivity contribution in [2.24, 2.45) is 0 Å². The van der Waals surface area contributed by atoms with Crippen LogP contribution in [0.4, 0.5) is 4.79 Å². The fourth-order valence-electron chi connectivity index (χ4n) is 4.68. The van der Waals surface area contributed by atoms with Crippen LogP contribution in [0.5, 0.6) is 17.2 Å². The Hall–Kier alpha value is -3.06. The largest absolute Gasteiger partial charge is 0.508 e. The van der Waals surface area contributed by atoms with Crippen molar-refractivity contribution in [3.8, 4) is 17.2 Å². The number of imide groups is 1. The van der Waals surface area contributed by atoms with Gasteiger partial charge in [0.1, 0.15) is 17.2 Å². The second-order valence-electron chi connectivity index (χ2n) is 10.9. The number of nitrogens with one attached hydrogen (secondary N) is 2. The molecule has 0 fully saturated rings. The highest BCUT2D eigenvalue weighted by Gasteiger charge is 2.11. The van der Waals surface area contributed by atoms with Gasteiger partial charge in [0.25, 0.3) is 5.91 Å². The number of aromatic hydroxyl groups is 1. The van der Waals surface area contributed by atoms with E-state index in [9.17, 15) is 14.7 Å². The highest BCUT2D eigenvalue weighted by Crippen LogP contribution is 2.23. The Morgan fingerprint density at radius 2 is 1.22 bits per heavy atom. The van der Waals surface area contributed by atoms with E-state index in [1.54, 1.807) is 36.4 Å². The zero-order valence-corrected chi connectivity index (χ0v) is 25.3. The third-order valence-corrected chi connectivity index (χ3v) is 7.17. The van der Waals surface area contributed by atoms with Gasteiger partial charge in [-0.2, -0.15) is 0 Å². The smallest absolute Gasteiger partial charge is 0.321 e. The molecular weight excluding hydrogens is 516 g/mol. The number of hydrogen-bond acceptors (Lipinski definition) is 5. The number of benzene rings is 2. The summed E-state index contributed by atoms with van der Waals surface area (Å²) in [4.78, 5) is 24.4. The van der Waals surface area contributed by atoms with Gasteiger partial charge < -0.3 is 19.9 Å². The maximum absolute atomic E-state index is 12.3. The second-order valence-corrected chi connectivity index (χ2v) is 10.9. The molecule has 0 aliphatic heterocycles. The van der Waals surface area contributed by atoms with Crippen LogP contribution < -0.4 is 15.4 Å². The molecule has 0 bridgehead atoms. The number of rotatable bonds is 22. The van der Waals surface area contributed by atoms with Gasteiger partial charge in [0.2, 0.25) is 0 Å². The van der Waals surface area contributed by atoms with Gasteiger partial charge in [0, 0.05) is 12.1 Å². The van der Waals surface area contributed by atoms with Gasteiger partial charge in [0.15, 0.2) is 0 Å². The standard InChI is InChI=1S/C34H52N2O5/c1-3-4-5-6-7-8-9-10-11-12-13-14-15-16-17-28(2)40-27-26-35-34(39)36-33(38)29-18-22-31(23-19-29)41-32-24-20-30(37)21-25-32/h18-25,28,37H,3-17,26-27H2,1-2H3,(H2,35,36,38,39). The first-order valence-corrected chi connectivity index (χ1v) is 15.8. The maximum atomic E-state index is 12.3. The van der Waals surface area contributed by atoms with Gasteiger partial charge in [-0.05, 0) is 61.9 Å². The van der Waals surface area contributed by atoms with E-state index in [2.05, 4.69) is 24.5 Å². The van der Waals surface area contributed by atoms with Crippen molar-refractivity contribution in [3.05, 3.63) is 54.1 Å². The molecule has 0 saturated heterocycles. The molecule has 0 aromatic heterocycles.